The maximum absolute atomic E-state index is 11.9. The quantitative estimate of drug-likeness (QED) is 0.265. The number of carbonyl (C=O) groups excluding carboxylic acids is 1. The first-order chi connectivity index (χ1) is 18.6. The molecule has 0 radical (unpaired) electrons. The summed E-state index contributed by atoms with van der Waals surface area (Å²) in [5.41, 5.74) is 14.0. The molecule has 0 saturated carbocycles. The Morgan fingerprint density at radius 1 is 1.05 bits per heavy atom. The van der Waals surface area contributed by atoms with E-state index in [0.29, 0.717) is 29.6 Å². The molecular weight excluding hydrogens is 500 g/mol. The summed E-state index contributed by atoms with van der Waals surface area (Å²) in [6, 6.07) is 19.7. The van der Waals surface area contributed by atoms with Gasteiger partial charge in [0.25, 0.3) is 5.91 Å². The summed E-state index contributed by atoms with van der Waals surface area (Å²) in [6.07, 6.45) is 3.28. The standard InChI is InChI=1S/C27H32N8O2S/c28-21-8-4-5-9-22(21)35-17-23(26(29)36)38-27(35)32-24-16-25(31-19-30-24)34-12-10-33(11-13-34)14-15-37-18-20-6-2-1-3-7-20/h1-9,16-17,19,27H,10-15,18,28H2,(H2,29,36)(H,30,31,32). The van der Waals surface area contributed by atoms with Crippen LogP contribution in [0.15, 0.2) is 78.1 Å². The molecule has 1 aromatic heterocycles. The number of primary amides is 1. The topological polar surface area (TPSA) is 126 Å². The third-order valence-corrected chi connectivity index (χ3v) is 7.62. The largest absolute Gasteiger partial charge is 0.397 e. The number of rotatable bonds is 10. The van der Waals surface area contributed by atoms with Gasteiger partial charge in [-0.15, -0.1) is 0 Å². The second kappa shape index (κ2) is 12.2. The smallest absolute Gasteiger partial charge is 0.256 e. The average Bonchev–Trinajstić information content (AvgIpc) is 3.36. The molecule has 0 spiro atoms. The molecule has 1 amide bonds. The fraction of sp³-hybridized carbons (Fsp3) is 0.296. The van der Waals surface area contributed by atoms with Crippen molar-refractivity contribution >= 4 is 40.7 Å². The number of hydrogen-bond donors (Lipinski definition) is 3. The van der Waals surface area contributed by atoms with E-state index in [1.807, 2.05) is 53.4 Å². The van der Waals surface area contributed by atoms with E-state index in [2.05, 4.69) is 37.2 Å². The molecule has 2 aliphatic heterocycles. The van der Waals surface area contributed by atoms with E-state index in [-0.39, 0.29) is 5.50 Å². The fourth-order valence-electron chi connectivity index (χ4n) is 4.42. The second-order valence-corrected chi connectivity index (χ2v) is 10.2. The van der Waals surface area contributed by atoms with Crippen LogP contribution in [0, 0.1) is 0 Å². The van der Waals surface area contributed by atoms with E-state index in [1.54, 1.807) is 12.5 Å². The van der Waals surface area contributed by atoms with Gasteiger partial charge in [-0.3, -0.25) is 9.69 Å². The monoisotopic (exact) mass is 532 g/mol. The molecule has 1 unspecified atom stereocenters. The number of nitrogen functional groups attached to an aromatic ring is 1. The van der Waals surface area contributed by atoms with Gasteiger partial charge in [0.2, 0.25) is 0 Å². The van der Waals surface area contributed by atoms with Gasteiger partial charge in [0, 0.05) is 45.0 Å². The zero-order chi connectivity index (χ0) is 26.3. The van der Waals surface area contributed by atoms with E-state index in [4.69, 9.17) is 16.2 Å². The Morgan fingerprint density at radius 2 is 1.82 bits per heavy atom. The van der Waals surface area contributed by atoms with Crippen molar-refractivity contribution in [2.45, 2.75) is 12.1 Å². The lowest BCUT2D eigenvalue weighted by atomic mass is 10.2. The van der Waals surface area contributed by atoms with Crippen LogP contribution in [0.2, 0.25) is 0 Å². The maximum Gasteiger partial charge on any atom is 0.256 e. The first kappa shape index (κ1) is 25.8. The molecule has 1 fully saturated rings. The van der Waals surface area contributed by atoms with Crippen molar-refractivity contribution in [3.63, 3.8) is 0 Å². The lowest BCUT2D eigenvalue weighted by Crippen LogP contribution is -2.47. The SMILES string of the molecule is NC(=O)C1=CN(c2ccccc2N)C(Nc2cc(N3CCN(CCOCc4ccccc4)CC3)ncn2)S1. The third kappa shape index (κ3) is 6.36. The Morgan fingerprint density at radius 3 is 2.58 bits per heavy atom. The summed E-state index contributed by atoms with van der Waals surface area (Å²) in [4.78, 5) is 27.9. The Bertz CT molecular complexity index is 1270. The van der Waals surface area contributed by atoms with Gasteiger partial charge in [-0.05, 0) is 17.7 Å². The minimum Gasteiger partial charge on any atom is -0.397 e. The van der Waals surface area contributed by atoms with E-state index >= 15 is 0 Å². The maximum atomic E-state index is 11.9. The summed E-state index contributed by atoms with van der Waals surface area (Å²) in [5, 5.41) is 3.41. The predicted octanol–water partition coefficient (Wildman–Crippen LogP) is 2.67. The number of hydrogen-bond acceptors (Lipinski definition) is 10. The van der Waals surface area contributed by atoms with Crippen LogP contribution in [0.3, 0.4) is 0 Å². The molecule has 5 rings (SSSR count). The first-order valence-electron chi connectivity index (χ1n) is 12.6. The van der Waals surface area contributed by atoms with Gasteiger partial charge in [-0.2, -0.15) is 0 Å². The highest BCUT2D eigenvalue weighted by molar-refractivity contribution is 8.05. The van der Waals surface area contributed by atoms with Gasteiger partial charge in [-0.1, -0.05) is 54.2 Å². The Hall–Kier alpha value is -3.80. The highest BCUT2D eigenvalue weighted by Crippen LogP contribution is 2.38. The summed E-state index contributed by atoms with van der Waals surface area (Å²) in [6.45, 7) is 5.87. The first-order valence-corrected chi connectivity index (χ1v) is 13.4. The molecular formula is C27H32N8O2S. The van der Waals surface area contributed by atoms with Crippen molar-refractivity contribution in [3.8, 4) is 0 Å². The van der Waals surface area contributed by atoms with Crippen LogP contribution in [0.5, 0.6) is 0 Å². The summed E-state index contributed by atoms with van der Waals surface area (Å²) >= 11 is 1.33. The normalized spacial score (nSPS) is 17.9. The Balaban J connectivity index is 1.15. The number of benzene rings is 2. The van der Waals surface area contributed by atoms with Crippen molar-refractivity contribution in [1.29, 1.82) is 0 Å². The van der Waals surface area contributed by atoms with Gasteiger partial charge < -0.3 is 31.3 Å². The number of piperazine rings is 1. The Labute approximate surface area is 226 Å². The highest BCUT2D eigenvalue weighted by Gasteiger charge is 2.30. The molecule has 10 nitrogen and oxygen atoms in total. The van der Waals surface area contributed by atoms with Crippen LogP contribution >= 0.6 is 11.8 Å². The molecule has 38 heavy (non-hydrogen) atoms. The number of amides is 1. The average molecular weight is 533 g/mol. The van der Waals surface area contributed by atoms with E-state index in [1.165, 1.54) is 17.3 Å². The molecule has 3 heterocycles. The zero-order valence-corrected chi connectivity index (χ0v) is 21.9. The molecule has 1 atom stereocenters. The van der Waals surface area contributed by atoms with Crippen LogP contribution in [0.25, 0.3) is 0 Å². The highest BCUT2D eigenvalue weighted by atomic mass is 32.2. The molecule has 2 aromatic carbocycles. The van der Waals surface area contributed by atoms with Crippen LogP contribution < -0.4 is 26.6 Å². The number of anilines is 4. The van der Waals surface area contributed by atoms with Crippen molar-refractivity contribution < 1.29 is 9.53 Å². The number of thioether (sulfide) groups is 1. The second-order valence-electron chi connectivity index (χ2n) is 9.07. The van der Waals surface area contributed by atoms with Gasteiger partial charge in [0.1, 0.15) is 18.0 Å². The van der Waals surface area contributed by atoms with E-state index in [9.17, 15) is 4.79 Å². The van der Waals surface area contributed by atoms with E-state index in [0.717, 1.165) is 44.2 Å². The molecule has 5 N–H and O–H groups in total. The van der Waals surface area contributed by atoms with Crippen molar-refractivity contribution in [2.24, 2.45) is 5.73 Å². The van der Waals surface area contributed by atoms with Crippen LogP contribution in [0.1, 0.15) is 5.56 Å². The van der Waals surface area contributed by atoms with Crippen LogP contribution in [0.4, 0.5) is 23.0 Å². The van der Waals surface area contributed by atoms with Crippen molar-refractivity contribution in [3.05, 3.63) is 83.7 Å². The summed E-state index contributed by atoms with van der Waals surface area (Å²) < 4.78 is 5.85. The molecule has 11 heteroatoms. The Kier molecular flexibility index (Phi) is 8.27. The summed E-state index contributed by atoms with van der Waals surface area (Å²) in [5.74, 6) is 1.03. The third-order valence-electron chi connectivity index (χ3n) is 6.49. The molecule has 0 aliphatic carbocycles. The van der Waals surface area contributed by atoms with Crippen molar-refractivity contribution in [1.82, 2.24) is 14.9 Å². The number of aromatic nitrogens is 2. The zero-order valence-electron chi connectivity index (χ0n) is 21.1. The van der Waals surface area contributed by atoms with E-state index < -0.39 is 5.91 Å². The van der Waals surface area contributed by atoms with Gasteiger partial charge in [-0.25, -0.2) is 9.97 Å². The molecule has 2 aliphatic rings. The number of ether oxygens (including phenoxy) is 1. The van der Waals surface area contributed by atoms with Crippen LogP contribution in [-0.4, -0.2) is 65.6 Å². The van der Waals surface area contributed by atoms with Gasteiger partial charge >= 0.3 is 0 Å². The molecule has 3 aromatic rings. The number of para-hydroxylation sites is 2. The van der Waals surface area contributed by atoms with Crippen LogP contribution in [-0.2, 0) is 16.1 Å². The number of carbonyl (C=O) groups is 1. The number of nitrogens with one attached hydrogen (secondary N) is 1. The number of nitrogens with zero attached hydrogens (tertiary/aromatic N) is 5. The minimum absolute atomic E-state index is 0.335. The van der Waals surface area contributed by atoms with Crippen molar-refractivity contribution in [2.75, 3.05) is 60.2 Å². The minimum atomic E-state index is -0.481. The summed E-state index contributed by atoms with van der Waals surface area (Å²) in [7, 11) is 0. The van der Waals surface area contributed by atoms with Gasteiger partial charge in [0.05, 0.1) is 29.5 Å². The lowest BCUT2D eigenvalue weighted by Gasteiger charge is -2.35. The predicted molar refractivity (Wildman–Crippen MR) is 152 cm³/mol. The van der Waals surface area contributed by atoms with Gasteiger partial charge in [0.15, 0.2) is 5.50 Å². The molecule has 0 bridgehead atoms. The lowest BCUT2D eigenvalue weighted by molar-refractivity contribution is -0.113. The molecule has 198 valence electrons. The molecule has 1 saturated heterocycles. The number of nitrogens with two attached hydrogens (primary N) is 2. The fourth-order valence-corrected chi connectivity index (χ4v) is 5.42.